The van der Waals surface area contributed by atoms with Gasteiger partial charge in [-0.2, -0.15) is 4.99 Å². The van der Waals surface area contributed by atoms with Gasteiger partial charge < -0.3 is 5.73 Å². The second-order valence-corrected chi connectivity index (χ2v) is 4.78. The maximum Gasteiger partial charge on any atom is 0.235 e. The highest BCUT2D eigenvalue weighted by atomic mass is 16.1. The average Bonchev–Trinajstić information content (AvgIpc) is 2.80. The maximum atomic E-state index is 10.4. The van der Waals surface area contributed by atoms with Gasteiger partial charge in [0.15, 0.2) is 0 Å². The van der Waals surface area contributed by atoms with Gasteiger partial charge in [-0.1, -0.05) is 23.3 Å². The Morgan fingerprint density at radius 2 is 2.38 bits per heavy atom. The molecule has 0 heterocycles. The Hall–Kier alpha value is -1.18. The first-order valence-electron chi connectivity index (χ1n) is 5.90. The SMILES string of the molecule is CC1=CCC(CC2=CCCC2N)C1N=C=O. The number of nitrogens with two attached hydrogens (primary N) is 1. The summed E-state index contributed by atoms with van der Waals surface area (Å²) in [6.45, 7) is 2.04. The van der Waals surface area contributed by atoms with Crippen LogP contribution in [0.1, 0.15) is 32.6 Å². The van der Waals surface area contributed by atoms with Gasteiger partial charge in [-0.05, 0) is 38.5 Å². The standard InChI is InChI=1S/C13H18N2O/c1-9-5-6-11(13(9)15-8-16)7-10-3-2-4-12(10)14/h3,5,11-13H,2,4,6-7,14H2,1H3. The zero-order valence-electron chi connectivity index (χ0n) is 9.65. The molecule has 0 fully saturated rings. The molecular formula is C13H18N2O. The number of hydrogen-bond donors (Lipinski definition) is 1. The minimum Gasteiger partial charge on any atom is -0.324 e. The van der Waals surface area contributed by atoms with E-state index < -0.39 is 0 Å². The second kappa shape index (κ2) is 4.77. The van der Waals surface area contributed by atoms with E-state index in [-0.39, 0.29) is 12.1 Å². The van der Waals surface area contributed by atoms with Crippen molar-refractivity contribution in [1.82, 2.24) is 0 Å². The van der Waals surface area contributed by atoms with Crippen molar-refractivity contribution in [2.75, 3.05) is 0 Å². The van der Waals surface area contributed by atoms with Crippen LogP contribution in [0, 0.1) is 5.92 Å². The molecule has 0 aromatic carbocycles. The molecule has 2 aliphatic carbocycles. The average molecular weight is 218 g/mol. The molecule has 16 heavy (non-hydrogen) atoms. The largest absolute Gasteiger partial charge is 0.324 e. The molecule has 3 heteroatoms. The molecule has 0 saturated carbocycles. The molecule has 2 aliphatic rings. The van der Waals surface area contributed by atoms with Crippen LogP contribution in [0.5, 0.6) is 0 Å². The van der Waals surface area contributed by atoms with Crippen LogP contribution in [0.4, 0.5) is 0 Å². The number of allylic oxidation sites excluding steroid dienone is 2. The third-order valence-electron chi connectivity index (χ3n) is 3.71. The van der Waals surface area contributed by atoms with Crippen LogP contribution in [-0.4, -0.2) is 18.2 Å². The van der Waals surface area contributed by atoms with Crippen molar-refractivity contribution in [1.29, 1.82) is 0 Å². The van der Waals surface area contributed by atoms with Crippen LogP contribution in [0.2, 0.25) is 0 Å². The molecule has 0 aromatic heterocycles. The lowest BCUT2D eigenvalue weighted by molar-refractivity contribution is 0.476. The van der Waals surface area contributed by atoms with Crippen LogP contribution in [0.25, 0.3) is 0 Å². The van der Waals surface area contributed by atoms with E-state index in [4.69, 9.17) is 5.73 Å². The molecule has 0 aliphatic heterocycles. The van der Waals surface area contributed by atoms with E-state index in [9.17, 15) is 4.79 Å². The van der Waals surface area contributed by atoms with Gasteiger partial charge in [-0.3, -0.25) is 0 Å². The number of nitrogens with zero attached hydrogens (tertiary/aromatic N) is 1. The van der Waals surface area contributed by atoms with Gasteiger partial charge in [0, 0.05) is 6.04 Å². The minimum absolute atomic E-state index is 0.0335. The van der Waals surface area contributed by atoms with E-state index in [2.05, 4.69) is 17.1 Å². The van der Waals surface area contributed by atoms with Gasteiger partial charge in [-0.25, -0.2) is 4.79 Å². The molecule has 0 saturated heterocycles. The van der Waals surface area contributed by atoms with Gasteiger partial charge in [0.05, 0.1) is 6.04 Å². The van der Waals surface area contributed by atoms with Crippen molar-refractivity contribution >= 4 is 6.08 Å². The quantitative estimate of drug-likeness (QED) is 0.448. The Labute approximate surface area is 96.1 Å². The van der Waals surface area contributed by atoms with Crippen LogP contribution >= 0.6 is 0 Å². The number of aliphatic imine (C=N–C) groups is 1. The Kier molecular flexibility index (Phi) is 3.37. The lowest BCUT2D eigenvalue weighted by Gasteiger charge is -2.19. The first kappa shape index (κ1) is 11.3. The monoisotopic (exact) mass is 218 g/mol. The van der Waals surface area contributed by atoms with Crippen LogP contribution in [-0.2, 0) is 4.79 Å². The van der Waals surface area contributed by atoms with Gasteiger partial charge in [0.2, 0.25) is 6.08 Å². The molecule has 3 nitrogen and oxygen atoms in total. The molecule has 3 unspecified atom stereocenters. The number of carbonyl (C=O) groups excluding carboxylic acids is 1. The third-order valence-corrected chi connectivity index (χ3v) is 3.71. The summed E-state index contributed by atoms with van der Waals surface area (Å²) in [5.74, 6) is 0.414. The lowest BCUT2D eigenvalue weighted by Crippen LogP contribution is -2.23. The van der Waals surface area contributed by atoms with Gasteiger partial charge >= 0.3 is 0 Å². The van der Waals surface area contributed by atoms with Crippen molar-refractivity contribution in [2.24, 2.45) is 16.6 Å². The zero-order valence-corrected chi connectivity index (χ0v) is 9.65. The van der Waals surface area contributed by atoms with E-state index in [1.807, 2.05) is 6.92 Å². The van der Waals surface area contributed by atoms with E-state index >= 15 is 0 Å². The van der Waals surface area contributed by atoms with Crippen LogP contribution in [0.3, 0.4) is 0 Å². The molecule has 2 N–H and O–H groups in total. The summed E-state index contributed by atoms with van der Waals surface area (Å²) in [4.78, 5) is 14.3. The summed E-state index contributed by atoms with van der Waals surface area (Å²) in [6.07, 6.45) is 10.3. The number of rotatable bonds is 3. The topological polar surface area (TPSA) is 55.4 Å². The molecule has 3 atom stereocenters. The highest BCUT2D eigenvalue weighted by Crippen LogP contribution is 2.35. The van der Waals surface area contributed by atoms with Gasteiger partial charge in [0.1, 0.15) is 0 Å². The van der Waals surface area contributed by atoms with Crippen molar-refractivity contribution in [2.45, 2.75) is 44.7 Å². The Morgan fingerprint density at radius 3 is 3.00 bits per heavy atom. The zero-order chi connectivity index (χ0) is 11.5. The predicted octanol–water partition coefficient (Wildman–Crippen LogP) is 2.09. The van der Waals surface area contributed by atoms with E-state index in [1.54, 1.807) is 6.08 Å². The van der Waals surface area contributed by atoms with E-state index in [0.717, 1.165) is 25.7 Å². The first-order chi connectivity index (χ1) is 7.72. The Balaban J connectivity index is 2.03. The van der Waals surface area contributed by atoms with Crippen molar-refractivity contribution < 1.29 is 4.79 Å². The highest BCUT2D eigenvalue weighted by Gasteiger charge is 2.29. The smallest absolute Gasteiger partial charge is 0.235 e. The molecule has 0 aromatic rings. The van der Waals surface area contributed by atoms with Crippen molar-refractivity contribution in [3.05, 3.63) is 23.3 Å². The summed E-state index contributed by atoms with van der Waals surface area (Å²) in [7, 11) is 0. The predicted molar refractivity (Wildman–Crippen MR) is 63.7 cm³/mol. The summed E-state index contributed by atoms with van der Waals surface area (Å²) in [5, 5.41) is 0. The molecule has 0 bridgehead atoms. The third kappa shape index (κ3) is 2.16. The fourth-order valence-corrected chi connectivity index (χ4v) is 2.74. The normalized spacial score (nSPS) is 33.2. The number of hydrogen-bond acceptors (Lipinski definition) is 3. The molecule has 0 spiro atoms. The van der Waals surface area contributed by atoms with Gasteiger partial charge in [0.25, 0.3) is 0 Å². The Morgan fingerprint density at radius 1 is 1.56 bits per heavy atom. The van der Waals surface area contributed by atoms with Gasteiger partial charge in [-0.15, -0.1) is 0 Å². The van der Waals surface area contributed by atoms with E-state index in [1.165, 1.54) is 11.1 Å². The summed E-state index contributed by atoms with van der Waals surface area (Å²) in [5.41, 5.74) is 8.56. The molecule has 0 radical (unpaired) electrons. The summed E-state index contributed by atoms with van der Waals surface area (Å²) >= 11 is 0. The van der Waals surface area contributed by atoms with Crippen molar-refractivity contribution in [3.8, 4) is 0 Å². The second-order valence-electron chi connectivity index (χ2n) is 4.78. The Bertz CT molecular complexity index is 377. The highest BCUT2D eigenvalue weighted by molar-refractivity contribution is 5.37. The fourth-order valence-electron chi connectivity index (χ4n) is 2.74. The lowest BCUT2D eigenvalue weighted by atomic mass is 9.91. The molecule has 0 amide bonds. The van der Waals surface area contributed by atoms with Crippen LogP contribution < -0.4 is 5.73 Å². The van der Waals surface area contributed by atoms with E-state index in [0.29, 0.717) is 5.92 Å². The maximum absolute atomic E-state index is 10.4. The summed E-state index contributed by atoms with van der Waals surface area (Å²) < 4.78 is 0. The fraction of sp³-hybridized carbons (Fsp3) is 0.615. The van der Waals surface area contributed by atoms with Crippen molar-refractivity contribution in [3.63, 3.8) is 0 Å². The first-order valence-corrected chi connectivity index (χ1v) is 5.90. The minimum atomic E-state index is 0.0335. The molecular weight excluding hydrogens is 200 g/mol. The molecule has 2 rings (SSSR count). The van der Waals surface area contributed by atoms with Crippen LogP contribution in [0.15, 0.2) is 28.3 Å². The summed E-state index contributed by atoms with van der Waals surface area (Å²) in [6, 6.07) is 0.257. The number of isocyanates is 1. The molecule has 86 valence electrons.